The van der Waals surface area contributed by atoms with Gasteiger partial charge in [-0.1, -0.05) is 18.5 Å². The first-order chi connectivity index (χ1) is 9.93. The van der Waals surface area contributed by atoms with E-state index in [1.54, 1.807) is 0 Å². The van der Waals surface area contributed by atoms with Gasteiger partial charge in [0.05, 0.1) is 11.3 Å². The van der Waals surface area contributed by atoms with Crippen molar-refractivity contribution in [2.24, 2.45) is 0 Å². The van der Waals surface area contributed by atoms with Gasteiger partial charge in [-0.15, -0.1) is 0 Å². The second-order valence-electron chi connectivity index (χ2n) is 5.04. The van der Waals surface area contributed by atoms with Gasteiger partial charge in [0.25, 0.3) is 5.56 Å². The smallest absolute Gasteiger partial charge is 0.297 e. The van der Waals surface area contributed by atoms with Crippen molar-refractivity contribution in [3.05, 3.63) is 49.0 Å². The lowest BCUT2D eigenvalue weighted by Crippen LogP contribution is -2.37. The van der Waals surface area contributed by atoms with E-state index in [0.717, 1.165) is 11.4 Å². The first-order valence-corrected chi connectivity index (χ1v) is 7.34. The fourth-order valence-electron chi connectivity index (χ4n) is 2.38. The lowest BCUT2D eigenvalue weighted by atomic mass is 10.2. The Morgan fingerprint density at radius 1 is 1.29 bits per heavy atom. The minimum atomic E-state index is -0.462. The highest BCUT2D eigenvalue weighted by Crippen LogP contribution is 2.06. The normalized spacial score (nSPS) is 11.0. The number of aromatic amines is 1. The van der Waals surface area contributed by atoms with E-state index < -0.39 is 5.69 Å². The summed E-state index contributed by atoms with van der Waals surface area (Å²) in [5.74, 6) is 0. The molecule has 2 aromatic rings. The van der Waals surface area contributed by atoms with Crippen LogP contribution in [0.5, 0.6) is 0 Å². The van der Waals surface area contributed by atoms with E-state index in [2.05, 4.69) is 10.1 Å². The van der Waals surface area contributed by atoms with Crippen LogP contribution in [0, 0.1) is 13.8 Å². The molecule has 6 nitrogen and oxygen atoms in total. The van der Waals surface area contributed by atoms with Crippen LogP contribution < -0.4 is 11.2 Å². The van der Waals surface area contributed by atoms with Crippen molar-refractivity contribution < 1.29 is 0 Å². The summed E-state index contributed by atoms with van der Waals surface area (Å²) in [6, 6.07) is 2.00. The molecule has 0 radical (unpaired) electrons. The van der Waals surface area contributed by atoms with Crippen LogP contribution in [0.4, 0.5) is 0 Å². The fourth-order valence-corrected chi connectivity index (χ4v) is 2.67. The lowest BCUT2D eigenvalue weighted by molar-refractivity contribution is 0.497. The first kappa shape index (κ1) is 15.6. The molecule has 0 spiro atoms. The Balaban J connectivity index is 2.16. The van der Waals surface area contributed by atoms with Gasteiger partial charge in [-0.25, -0.2) is 4.79 Å². The molecule has 0 fully saturated rings. The molecule has 0 saturated carbocycles. The van der Waals surface area contributed by atoms with Crippen LogP contribution in [0.2, 0.25) is 5.15 Å². The number of halogens is 1. The van der Waals surface area contributed by atoms with Crippen LogP contribution in [0.1, 0.15) is 30.3 Å². The number of H-pyrrole nitrogens is 1. The molecular formula is C14H19ClN4O2. The number of hydrogen-bond acceptors (Lipinski definition) is 3. The van der Waals surface area contributed by atoms with E-state index in [4.69, 9.17) is 11.6 Å². The van der Waals surface area contributed by atoms with E-state index in [1.165, 1.54) is 4.57 Å². The van der Waals surface area contributed by atoms with Gasteiger partial charge in [0.1, 0.15) is 5.15 Å². The summed E-state index contributed by atoms with van der Waals surface area (Å²) in [4.78, 5) is 26.5. The van der Waals surface area contributed by atoms with Crippen LogP contribution in [0.25, 0.3) is 0 Å². The van der Waals surface area contributed by atoms with Crippen LogP contribution >= 0.6 is 11.6 Å². The molecule has 2 heterocycles. The third-order valence-electron chi connectivity index (χ3n) is 3.44. The highest BCUT2D eigenvalue weighted by molar-refractivity contribution is 6.30. The number of nitrogens with one attached hydrogen (secondary N) is 1. The molecule has 0 aliphatic rings. The van der Waals surface area contributed by atoms with Gasteiger partial charge in [0.2, 0.25) is 0 Å². The Labute approximate surface area is 127 Å². The van der Waals surface area contributed by atoms with Crippen LogP contribution in [-0.4, -0.2) is 19.3 Å². The highest BCUT2D eigenvalue weighted by Gasteiger charge is 2.11. The maximum absolute atomic E-state index is 12.2. The summed E-state index contributed by atoms with van der Waals surface area (Å²) in [5.41, 5.74) is 1.71. The molecule has 0 aliphatic heterocycles. The monoisotopic (exact) mass is 310 g/mol. The Morgan fingerprint density at radius 3 is 2.57 bits per heavy atom. The molecule has 0 unspecified atom stereocenters. The Morgan fingerprint density at radius 2 is 2.00 bits per heavy atom. The van der Waals surface area contributed by atoms with Crippen LogP contribution in [0.3, 0.4) is 0 Å². The minimum Gasteiger partial charge on any atom is -0.297 e. The quantitative estimate of drug-likeness (QED) is 0.854. The molecular weight excluding hydrogens is 292 g/mol. The third kappa shape index (κ3) is 3.26. The standard InChI is InChI=1S/C14H19ClN4O2/c1-4-11-12(15)16-14(21)18(13(11)20)6-5-7-19-10(3)8-9(2)17-19/h8H,4-7H2,1-3H3,(H,16,21). The molecule has 7 heteroatoms. The predicted molar refractivity (Wildman–Crippen MR) is 82.0 cm³/mol. The van der Waals surface area contributed by atoms with Crippen LogP contribution in [-0.2, 0) is 19.5 Å². The summed E-state index contributed by atoms with van der Waals surface area (Å²) in [6.07, 6.45) is 1.14. The number of aromatic nitrogens is 4. The summed E-state index contributed by atoms with van der Waals surface area (Å²) < 4.78 is 3.08. The Bertz CT molecular complexity index is 757. The van der Waals surface area contributed by atoms with Gasteiger partial charge in [-0.3, -0.25) is 19.0 Å². The highest BCUT2D eigenvalue weighted by atomic mass is 35.5. The van der Waals surface area contributed by atoms with Crippen molar-refractivity contribution in [2.45, 2.75) is 46.7 Å². The fraction of sp³-hybridized carbons (Fsp3) is 0.500. The summed E-state index contributed by atoms with van der Waals surface area (Å²) >= 11 is 5.88. The molecule has 0 saturated heterocycles. The largest absolute Gasteiger partial charge is 0.329 e. The van der Waals surface area contributed by atoms with Gasteiger partial charge < -0.3 is 0 Å². The minimum absolute atomic E-state index is 0.141. The summed E-state index contributed by atoms with van der Waals surface area (Å²) in [5, 5.41) is 4.50. The zero-order chi connectivity index (χ0) is 15.6. The topological polar surface area (TPSA) is 72.7 Å². The number of aryl methyl sites for hydroxylation is 3. The summed E-state index contributed by atoms with van der Waals surface area (Å²) in [7, 11) is 0. The third-order valence-corrected chi connectivity index (χ3v) is 3.76. The second-order valence-corrected chi connectivity index (χ2v) is 5.41. The molecule has 114 valence electrons. The van der Waals surface area contributed by atoms with E-state index in [-0.39, 0.29) is 10.7 Å². The Hall–Kier alpha value is -1.82. The van der Waals surface area contributed by atoms with Gasteiger partial charge >= 0.3 is 5.69 Å². The van der Waals surface area contributed by atoms with Crippen molar-refractivity contribution >= 4 is 11.6 Å². The molecule has 0 atom stereocenters. The zero-order valence-electron chi connectivity index (χ0n) is 12.4. The second kappa shape index (κ2) is 6.30. The van der Waals surface area contributed by atoms with Crippen molar-refractivity contribution in [1.29, 1.82) is 0 Å². The van der Waals surface area contributed by atoms with E-state index in [1.807, 2.05) is 31.5 Å². The van der Waals surface area contributed by atoms with E-state index in [9.17, 15) is 9.59 Å². The van der Waals surface area contributed by atoms with E-state index >= 15 is 0 Å². The van der Waals surface area contributed by atoms with Crippen molar-refractivity contribution in [1.82, 2.24) is 19.3 Å². The average Bonchev–Trinajstić information content (AvgIpc) is 2.72. The van der Waals surface area contributed by atoms with Crippen LogP contribution in [0.15, 0.2) is 15.7 Å². The van der Waals surface area contributed by atoms with Gasteiger partial charge in [-0.2, -0.15) is 5.10 Å². The van der Waals surface area contributed by atoms with Gasteiger partial charge in [0, 0.05) is 18.8 Å². The van der Waals surface area contributed by atoms with Gasteiger partial charge in [0.15, 0.2) is 0 Å². The lowest BCUT2D eigenvalue weighted by Gasteiger charge is -2.08. The van der Waals surface area contributed by atoms with E-state index in [0.29, 0.717) is 31.5 Å². The first-order valence-electron chi connectivity index (χ1n) is 6.96. The average molecular weight is 311 g/mol. The molecule has 0 amide bonds. The number of nitrogens with zero attached hydrogens (tertiary/aromatic N) is 3. The van der Waals surface area contributed by atoms with Crippen molar-refractivity contribution in [3.8, 4) is 0 Å². The Kier molecular flexibility index (Phi) is 4.67. The molecule has 2 aromatic heterocycles. The maximum atomic E-state index is 12.2. The van der Waals surface area contributed by atoms with Gasteiger partial charge in [-0.05, 0) is 32.8 Å². The SMILES string of the molecule is CCc1c(Cl)[nH]c(=O)n(CCCn2nc(C)cc2C)c1=O. The van der Waals surface area contributed by atoms with Crippen molar-refractivity contribution in [2.75, 3.05) is 0 Å². The number of rotatable bonds is 5. The molecule has 21 heavy (non-hydrogen) atoms. The zero-order valence-corrected chi connectivity index (χ0v) is 13.2. The molecule has 0 bridgehead atoms. The van der Waals surface area contributed by atoms with Crippen molar-refractivity contribution in [3.63, 3.8) is 0 Å². The maximum Gasteiger partial charge on any atom is 0.329 e. The predicted octanol–water partition coefficient (Wildman–Crippen LogP) is 1.66. The molecule has 0 aliphatic carbocycles. The number of hydrogen-bond donors (Lipinski definition) is 1. The molecule has 0 aromatic carbocycles. The molecule has 2 rings (SSSR count). The molecule has 1 N–H and O–H groups in total. The summed E-state index contributed by atoms with van der Waals surface area (Å²) in [6.45, 7) is 6.76.